The van der Waals surface area contributed by atoms with E-state index in [1.807, 2.05) is 17.0 Å². The first-order valence-electron chi connectivity index (χ1n) is 14.3. The van der Waals surface area contributed by atoms with E-state index in [2.05, 4.69) is 20.2 Å². The summed E-state index contributed by atoms with van der Waals surface area (Å²) in [7, 11) is 0. The van der Waals surface area contributed by atoms with E-state index in [1.165, 1.54) is 10.9 Å². The van der Waals surface area contributed by atoms with Gasteiger partial charge in [-0.25, -0.2) is 9.67 Å². The summed E-state index contributed by atoms with van der Waals surface area (Å²) in [5.74, 6) is -1.96. The number of fused-ring (bicyclic) bond motifs is 8. The van der Waals surface area contributed by atoms with Crippen LogP contribution in [0.4, 0.5) is 13.2 Å². The summed E-state index contributed by atoms with van der Waals surface area (Å²) in [5, 5.41) is 27.2. The summed E-state index contributed by atoms with van der Waals surface area (Å²) in [6, 6.07) is 7.47. The molecule has 0 aromatic carbocycles. The van der Waals surface area contributed by atoms with Crippen LogP contribution in [0.2, 0.25) is 0 Å². The van der Waals surface area contributed by atoms with Gasteiger partial charge < -0.3 is 10.2 Å². The molecule has 6 heterocycles. The first kappa shape index (κ1) is 35.2. The zero-order valence-electron chi connectivity index (χ0n) is 24.4. The van der Waals surface area contributed by atoms with Crippen LogP contribution in [-0.4, -0.2) is 132 Å². The number of rotatable bonds is 4. The smallest absolute Gasteiger partial charge is 0.416 e. The summed E-state index contributed by atoms with van der Waals surface area (Å²) < 4.78 is 43.6. The quantitative estimate of drug-likeness (QED) is 0.394. The molecule has 3 aromatic heterocycles. The monoisotopic (exact) mass is 769 g/mol. The molecule has 3 aliphatic rings. The van der Waals surface area contributed by atoms with Crippen molar-refractivity contribution in [2.45, 2.75) is 25.8 Å². The van der Waals surface area contributed by atoms with E-state index in [9.17, 15) is 33.0 Å². The molecule has 0 spiro atoms. The molecule has 0 amide bonds. The Balaban J connectivity index is 0.00000461. The minimum atomic E-state index is -4.62. The van der Waals surface area contributed by atoms with Crippen LogP contribution in [0.25, 0.3) is 11.4 Å². The molecule has 0 atom stereocenters. The van der Waals surface area contributed by atoms with Gasteiger partial charge in [-0.2, -0.15) is 13.2 Å². The van der Waals surface area contributed by atoms with Gasteiger partial charge in [0.2, 0.25) is 0 Å². The van der Waals surface area contributed by atoms with Crippen molar-refractivity contribution in [2.24, 2.45) is 0 Å². The molecule has 6 bridgehead atoms. The van der Waals surface area contributed by atoms with Crippen molar-refractivity contribution in [1.82, 2.24) is 44.6 Å². The van der Waals surface area contributed by atoms with Crippen molar-refractivity contribution in [3.63, 3.8) is 0 Å². The van der Waals surface area contributed by atoms with Crippen LogP contribution < -0.4 is 0 Å². The fourth-order valence-electron chi connectivity index (χ4n) is 5.46. The van der Waals surface area contributed by atoms with Crippen molar-refractivity contribution in [1.29, 1.82) is 0 Å². The molecule has 3 aromatic rings. The van der Waals surface area contributed by atoms with Gasteiger partial charge in [0, 0.05) is 106 Å². The number of carboxylic acids is 2. The Hall–Kier alpha value is -2.65. The number of hydrogen-bond donors (Lipinski definition) is 2. The molecule has 2 N–H and O–H groups in total. The van der Waals surface area contributed by atoms with E-state index in [-0.39, 0.29) is 78.0 Å². The summed E-state index contributed by atoms with van der Waals surface area (Å²) in [4.78, 5) is 40.4. The molecule has 3 aliphatic heterocycles. The van der Waals surface area contributed by atoms with Crippen LogP contribution in [0.1, 0.15) is 22.6 Å². The molecule has 1 fully saturated rings. The Kier molecular flexibility index (Phi) is 12.3. The Morgan fingerprint density at radius 3 is 1.82 bits per heavy atom. The number of pyridine rings is 2. The van der Waals surface area contributed by atoms with Gasteiger partial charge in [0.15, 0.2) is 0 Å². The molecule has 6 rings (SSSR count). The second-order valence-electron chi connectivity index (χ2n) is 11.0. The van der Waals surface area contributed by atoms with Crippen LogP contribution in [0.3, 0.4) is 0 Å². The molecule has 13 nitrogen and oxygen atoms in total. The topological polar surface area (TPSA) is 144 Å². The average molecular weight is 768 g/mol. The first-order chi connectivity index (χ1) is 21.0. The maximum Gasteiger partial charge on any atom is 0.416 e. The van der Waals surface area contributed by atoms with Crippen molar-refractivity contribution in [2.75, 3.05) is 65.4 Å². The molecule has 0 radical (unpaired) electrons. The Morgan fingerprint density at radius 2 is 1.29 bits per heavy atom. The van der Waals surface area contributed by atoms with Gasteiger partial charge in [0.05, 0.1) is 54.2 Å². The Labute approximate surface area is 290 Å². The number of carbonyl (C=O) groups is 2. The van der Waals surface area contributed by atoms with Crippen LogP contribution in [0, 0.1) is 40.4 Å². The van der Waals surface area contributed by atoms with E-state index in [4.69, 9.17) is 4.98 Å². The zero-order chi connectivity index (χ0) is 31.3. The summed E-state index contributed by atoms with van der Waals surface area (Å²) in [5.41, 5.74) is 1.25. The number of alkyl halides is 3. The SMILES string of the molecule is O=C(O)CN1CCN2CCN(CC(=O)O)CCN(CC1)Cc1cccc(n1)-c1cnnn1Cc1cc(C(F)(F)F)cc(n1)C2.[Sm]. The largest absolute Gasteiger partial charge is 0.480 e. The number of nitrogens with zero attached hydrogens (tertiary/aromatic N) is 9. The van der Waals surface area contributed by atoms with Gasteiger partial charge in [-0.3, -0.25) is 34.2 Å². The van der Waals surface area contributed by atoms with Crippen molar-refractivity contribution >= 4 is 11.9 Å². The Morgan fingerprint density at radius 1 is 0.756 bits per heavy atom. The maximum absolute atomic E-state index is 14.0. The number of hydrogen-bond acceptors (Lipinski definition) is 10. The van der Waals surface area contributed by atoms with E-state index >= 15 is 0 Å². The standard InChI is InChI=1S/C28H34F3N9O4.Sm/c29-28(30,31)20-12-22-16-37-6-10-38(18-26(41)42)8-4-36(5-9-39(11-7-37)19-27(43)44)15-21-2-1-3-24(34-21)25-14-32-35-40(25)17-23(13-20)33-22;/h1-3,12-14H,4-11,15-19H2,(H,41,42)(H,43,44);. The van der Waals surface area contributed by atoms with Gasteiger partial charge in [0.1, 0.15) is 5.69 Å². The van der Waals surface area contributed by atoms with Crippen LogP contribution in [0.15, 0.2) is 36.5 Å². The minimum absolute atomic E-state index is 0. The predicted molar refractivity (Wildman–Crippen MR) is 150 cm³/mol. The maximum atomic E-state index is 14.0. The molecule has 242 valence electrons. The van der Waals surface area contributed by atoms with Gasteiger partial charge in [-0.05, 0) is 24.3 Å². The molecule has 17 heteroatoms. The number of halogens is 3. The predicted octanol–water partition coefficient (Wildman–Crippen LogP) is 1.21. The number of aliphatic carboxylic acids is 2. The second kappa shape index (κ2) is 15.8. The molecule has 1 saturated heterocycles. The fraction of sp³-hybridized carbons (Fsp3) is 0.500. The van der Waals surface area contributed by atoms with E-state index < -0.39 is 23.7 Å². The average Bonchev–Trinajstić information content (AvgIpc) is 3.41. The van der Waals surface area contributed by atoms with Crippen molar-refractivity contribution in [3.05, 3.63) is 59.2 Å². The molecule has 0 saturated carbocycles. The van der Waals surface area contributed by atoms with E-state index in [0.29, 0.717) is 76.0 Å². The number of aromatic nitrogens is 5. The molecular formula is C28H34F3N9O4Sm. The van der Waals surface area contributed by atoms with Crippen LogP contribution >= 0.6 is 0 Å². The van der Waals surface area contributed by atoms with Gasteiger partial charge in [0.25, 0.3) is 0 Å². The normalized spacial score (nSPS) is 20.4. The third kappa shape index (κ3) is 10.2. The van der Waals surface area contributed by atoms with Crippen LogP contribution in [-0.2, 0) is 35.4 Å². The second-order valence-corrected chi connectivity index (χ2v) is 11.0. The van der Waals surface area contributed by atoms with Gasteiger partial charge in [-0.15, -0.1) is 5.10 Å². The van der Waals surface area contributed by atoms with E-state index in [0.717, 1.165) is 12.1 Å². The van der Waals surface area contributed by atoms with Crippen molar-refractivity contribution < 1.29 is 73.4 Å². The minimum Gasteiger partial charge on any atom is -0.480 e. The van der Waals surface area contributed by atoms with Gasteiger partial charge >= 0.3 is 18.1 Å². The van der Waals surface area contributed by atoms with Crippen LogP contribution in [0.5, 0.6) is 0 Å². The molecule has 0 unspecified atom stereocenters. The molecule has 0 aliphatic carbocycles. The molecule has 45 heavy (non-hydrogen) atoms. The third-order valence-corrected chi connectivity index (χ3v) is 7.68. The summed E-state index contributed by atoms with van der Waals surface area (Å²) >= 11 is 0. The van der Waals surface area contributed by atoms with Crippen molar-refractivity contribution in [3.8, 4) is 11.4 Å². The zero-order valence-corrected chi connectivity index (χ0v) is 27.1. The Bertz CT molecular complexity index is 1440. The summed E-state index contributed by atoms with van der Waals surface area (Å²) in [6.45, 7) is 3.24. The van der Waals surface area contributed by atoms with E-state index in [1.54, 1.807) is 15.9 Å². The van der Waals surface area contributed by atoms with Gasteiger partial charge in [-0.1, -0.05) is 11.3 Å². The number of carboxylic acid groups (broad SMARTS) is 2. The fourth-order valence-corrected chi connectivity index (χ4v) is 5.46. The first-order valence-corrected chi connectivity index (χ1v) is 14.3. The summed E-state index contributed by atoms with van der Waals surface area (Å²) in [6.07, 6.45) is -3.11. The third-order valence-electron chi connectivity index (χ3n) is 7.68. The molecular weight excluding hydrogens is 734 g/mol.